The number of carbonyl (C=O) groups is 1. The van der Waals surface area contributed by atoms with Gasteiger partial charge in [-0.1, -0.05) is 13.8 Å². The van der Waals surface area contributed by atoms with Gasteiger partial charge in [-0.3, -0.25) is 4.79 Å². The van der Waals surface area contributed by atoms with Crippen LogP contribution in [0.4, 0.5) is 0 Å². The number of carbonyl (C=O) groups excluding carboxylic acids is 1. The molecule has 1 aliphatic carbocycles. The summed E-state index contributed by atoms with van der Waals surface area (Å²) in [6.07, 6.45) is 7.23. The summed E-state index contributed by atoms with van der Waals surface area (Å²) in [6.45, 7) is 6.72. The molecule has 0 aliphatic heterocycles. The Morgan fingerprint density at radius 1 is 1.26 bits per heavy atom. The van der Waals surface area contributed by atoms with Gasteiger partial charge in [-0.25, -0.2) is 4.99 Å². The minimum absolute atomic E-state index is 0.0235. The summed E-state index contributed by atoms with van der Waals surface area (Å²) >= 11 is 1.80. The molecule has 0 heterocycles. The van der Waals surface area contributed by atoms with Gasteiger partial charge >= 0.3 is 0 Å². The van der Waals surface area contributed by atoms with Crippen molar-refractivity contribution in [3.05, 3.63) is 0 Å². The van der Waals surface area contributed by atoms with Crippen molar-refractivity contribution in [1.29, 1.82) is 0 Å². The van der Waals surface area contributed by atoms with Gasteiger partial charge in [-0.2, -0.15) is 11.8 Å². The van der Waals surface area contributed by atoms with Gasteiger partial charge in [0.15, 0.2) is 5.96 Å². The largest absolute Gasteiger partial charge is 0.356 e. The van der Waals surface area contributed by atoms with Crippen LogP contribution in [0.5, 0.6) is 0 Å². The molecule has 2 N–H and O–H groups in total. The molecule has 0 radical (unpaired) electrons. The Hall–Kier alpha value is -0.910. The second-order valence-electron chi connectivity index (χ2n) is 7.36. The summed E-state index contributed by atoms with van der Waals surface area (Å²) in [5.41, 5.74) is 0.502. The third-order valence-electron chi connectivity index (χ3n) is 4.49. The number of aliphatic imine (C=N–C) groups is 1. The molecule has 0 bridgehead atoms. The molecule has 6 heteroatoms. The summed E-state index contributed by atoms with van der Waals surface area (Å²) in [5, 5.41) is 6.75. The number of guanidine groups is 1. The zero-order valence-electron chi connectivity index (χ0n) is 15.4. The van der Waals surface area contributed by atoms with Gasteiger partial charge < -0.3 is 15.5 Å². The number of rotatable bonds is 7. The maximum absolute atomic E-state index is 11.7. The molecule has 1 fully saturated rings. The molecule has 1 rings (SSSR count). The first-order valence-electron chi connectivity index (χ1n) is 8.55. The Morgan fingerprint density at radius 3 is 2.48 bits per heavy atom. The van der Waals surface area contributed by atoms with Crippen molar-refractivity contribution >= 4 is 23.6 Å². The summed E-state index contributed by atoms with van der Waals surface area (Å²) < 4.78 is 0. The fourth-order valence-electron chi connectivity index (χ4n) is 2.64. The molecular formula is C17H34N4OS. The molecule has 1 aliphatic rings. The highest BCUT2D eigenvalue weighted by Gasteiger charge is 2.26. The molecule has 0 unspecified atom stereocenters. The van der Waals surface area contributed by atoms with E-state index in [1.165, 1.54) is 25.7 Å². The minimum Gasteiger partial charge on any atom is -0.356 e. The predicted molar refractivity (Wildman–Crippen MR) is 101 cm³/mol. The number of amides is 1. The molecule has 134 valence electrons. The number of hydrogen-bond donors (Lipinski definition) is 2. The van der Waals surface area contributed by atoms with Crippen LogP contribution >= 0.6 is 11.8 Å². The first kappa shape index (κ1) is 20.1. The van der Waals surface area contributed by atoms with Crippen molar-refractivity contribution in [2.45, 2.75) is 39.5 Å². The predicted octanol–water partition coefficient (Wildman–Crippen LogP) is 2.19. The monoisotopic (exact) mass is 342 g/mol. The van der Waals surface area contributed by atoms with Crippen molar-refractivity contribution in [1.82, 2.24) is 15.5 Å². The fraction of sp³-hybridized carbons (Fsp3) is 0.882. The van der Waals surface area contributed by atoms with E-state index >= 15 is 0 Å². The zero-order chi connectivity index (χ0) is 17.3. The van der Waals surface area contributed by atoms with E-state index in [1.54, 1.807) is 30.8 Å². The van der Waals surface area contributed by atoms with Gasteiger partial charge in [-0.05, 0) is 43.3 Å². The van der Waals surface area contributed by atoms with Crippen molar-refractivity contribution in [3.63, 3.8) is 0 Å². The van der Waals surface area contributed by atoms with Crippen LogP contribution in [-0.4, -0.2) is 62.5 Å². The van der Waals surface area contributed by atoms with Crippen molar-refractivity contribution in [3.8, 4) is 0 Å². The lowest BCUT2D eigenvalue weighted by atomic mass is 9.73. The van der Waals surface area contributed by atoms with Crippen LogP contribution in [0.25, 0.3) is 0 Å². The molecule has 0 aromatic heterocycles. The number of hydrogen-bond acceptors (Lipinski definition) is 3. The Bertz CT molecular complexity index is 386. The van der Waals surface area contributed by atoms with Crippen LogP contribution in [0.2, 0.25) is 0 Å². The second-order valence-corrected chi connectivity index (χ2v) is 8.35. The van der Waals surface area contributed by atoms with Crippen molar-refractivity contribution in [2.75, 3.05) is 45.7 Å². The third kappa shape index (κ3) is 8.49. The van der Waals surface area contributed by atoms with Crippen LogP contribution in [0.3, 0.4) is 0 Å². The van der Waals surface area contributed by atoms with E-state index in [0.717, 1.165) is 24.8 Å². The van der Waals surface area contributed by atoms with Crippen molar-refractivity contribution in [2.24, 2.45) is 16.3 Å². The van der Waals surface area contributed by atoms with Crippen molar-refractivity contribution < 1.29 is 4.79 Å². The van der Waals surface area contributed by atoms with E-state index in [9.17, 15) is 4.79 Å². The number of nitrogens with one attached hydrogen (secondary N) is 2. The highest BCUT2D eigenvalue weighted by molar-refractivity contribution is 7.98. The van der Waals surface area contributed by atoms with Crippen LogP contribution < -0.4 is 10.6 Å². The number of nitrogens with zero attached hydrogens (tertiary/aromatic N) is 2. The highest BCUT2D eigenvalue weighted by Crippen LogP contribution is 2.37. The average Bonchev–Trinajstić information content (AvgIpc) is 2.50. The topological polar surface area (TPSA) is 56.7 Å². The molecule has 1 amide bonds. The Kier molecular flexibility index (Phi) is 8.81. The van der Waals surface area contributed by atoms with Gasteiger partial charge in [-0.15, -0.1) is 0 Å². The van der Waals surface area contributed by atoms with E-state index in [4.69, 9.17) is 0 Å². The minimum atomic E-state index is 0.0235. The quantitative estimate of drug-likeness (QED) is 0.423. The Labute approximate surface area is 146 Å². The summed E-state index contributed by atoms with van der Waals surface area (Å²) in [6, 6.07) is 0. The molecule has 1 saturated carbocycles. The lowest BCUT2D eigenvalue weighted by Gasteiger charge is -2.34. The molecule has 0 spiro atoms. The van der Waals surface area contributed by atoms with Crippen LogP contribution in [0.15, 0.2) is 4.99 Å². The smallest absolute Gasteiger partial charge is 0.243 e. The second kappa shape index (κ2) is 10.1. The van der Waals surface area contributed by atoms with Gasteiger partial charge in [0.25, 0.3) is 0 Å². The number of likely N-dealkylation sites (N-methyl/N-ethyl adjacent to an activating group) is 1. The summed E-state index contributed by atoms with van der Waals surface area (Å²) in [5.74, 6) is 2.52. The number of thioether (sulfide) groups is 1. The molecule has 0 aromatic rings. The first-order valence-corrected chi connectivity index (χ1v) is 9.95. The summed E-state index contributed by atoms with van der Waals surface area (Å²) in [4.78, 5) is 17.7. The molecule has 0 atom stereocenters. The Morgan fingerprint density at radius 2 is 1.91 bits per heavy atom. The molecule has 5 nitrogen and oxygen atoms in total. The maximum atomic E-state index is 11.7. The summed E-state index contributed by atoms with van der Waals surface area (Å²) in [7, 11) is 3.52. The Balaban J connectivity index is 2.45. The normalized spacial score (nSPS) is 18.6. The highest BCUT2D eigenvalue weighted by atomic mass is 32.2. The van der Waals surface area contributed by atoms with Gasteiger partial charge in [0, 0.05) is 32.9 Å². The third-order valence-corrected chi connectivity index (χ3v) is 5.10. The van der Waals surface area contributed by atoms with E-state index in [0.29, 0.717) is 11.3 Å². The average molecular weight is 343 g/mol. The van der Waals surface area contributed by atoms with Gasteiger partial charge in [0.1, 0.15) is 6.54 Å². The van der Waals surface area contributed by atoms with Crippen LogP contribution in [-0.2, 0) is 4.79 Å². The zero-order valence-corrected chi connectivity index (χ0v) is 16.3. The molecule has 0 aromatic carbocycles. The molecule has 0 saturated heterocycles. The van der Waals surface area contributed by atoms with E-state index < -0.39 is 0 Å². The fourth-order valence-corrected chi connectivity index (χ4v) is 2.94. The first-order chi connectivity index (χ1) is 10.8. The lowest BCUT2D eigenvalue weighted by Crippen LogP contribution is -2.42. The lowest BCUT2D eigenvalue weighted by molar-refractivity contribution is -0.127. The van der Waals surface area contributed by atoms with E-state index in [-0.39, 0.29) is 12.5 Å². The van der Waals surface area contributed by atoms with E-state index in [1.807, 2.05) is 0 Å². The molecular weight excluding hydrogens is 308 g/mol. The maximum Gasteiger partial charge on any atom is 0.243 e. The molecule has 23 heavy (non-hydrogen) atoms. The van der Waals surface area contributed by atoms with Gasteiger partial charge in [0.05, 0.1) is 0 Å². The van der Waals surface area contributed by atoms with Gasteiger partial charge in [0.2, 0.25) is 5.91 Å². The van der Waals surface area contributed by atoms with Crippen LogP contribution in [0.1, 0.15) is 39.5 Å². The van der Waals surface area contributed by atoms with Crippen LogP contribution in [0, 0.1) is 11.3 Å². The SMILES string of the molecule is CSCCNC(=NCC(=O)N(C)C)NCC1CCC(C)(C)CC1. The van der Waals surface area contributed by atoms with E-state index in [2.05, 4.69) is 35.7 Å². The standard InChI is InChI=1S/C17H34N4OS/c1-17(2)8-6-14(7-9-17)12-19-16(18-10-11-23-5)20-13-15(22)21(3)4/h14H,6-13H2,1-5H3,(H2,18,19,20).